The van der Waals surface area contributed by atoms with Crippen molar-refractivity contribution in [1.82, 2.24) is 0 Å². The maximum Gasteiger partial charge on any atom is 0.175 e. The second-order valence-electron chi connectivity index (χ2n) is 4.45. The minimum absolute atomic E-state index is 0.170. The van der Waals surface area contributed by atoms with Crippen LogP contribution in [0.4, 0.5) is 0 Å². The first-order valence-electron chi connectivity index (χ1n) is 5.47. The molecule has 0 aromatic heterocycles. The molecule has 0 saturated carbocycles. The Morgan fingerprint density at radius 2 is 1.88 bits per heavy atom. The van der Waals surface area contributed by atoms with Gasteiger partial charge in [-0.15, -0.1) is 0 Å². The van der Waals surface area contributed by atoms with Gasteiger partial charge in [0.2, 0.25) is 0 Å². The van der Waals surface area contributed by atoms with Gasteiger partial charge in [0.05, 0.1) is 5.75 Å². The van der Waals surface area contributed by atoms with Crippen LogP contribution in [0, 0.1) is 5.92 Å². The highest BCUT2D eigenvalue weighted by Crippen LogP contribution is 2.32. The van der Waals surface area contributed by atoms with Gasteiger partial charge < -0.3 is 0 Å². The Bertz CT molecular complexity index is 512. The molecule has 1 aromatic rings. The van der Waals surface area contributed by atoms with E-state index >= 15 is 0 Å². The Morgan fingerprint density at radius 3 is 2.38 bits per heavy atom. The van der Waals surface area contributed by atoms with Crippen molar-refractivity contribution in [3.63, 3.8) is 0 Å². The van der Waals surface area contributed by atoms with Gasteiger partial charge in [-0.3, -0.25) is 0 Å². The van der Waals surface area contributed by atoms with Crippen molar-refractivity contribution in [3.8, 4) is 0 Å². The minimum atomic E-state index is -3.00. The van der Waals surface area contributed by atoms with Crippen LogP contribution in [-0.2, 0) is 16.3 Å². The Hall–Kier alpha value is -1.09. The number of allylic oxidation sites excluding steroid dienone is 2. The Balaban J connectivity index is 2.35. The average molecular weight is 236 g/mol. The molecule has 0 N–H and O–H groups in total. The highest BCUT2D eigenvalue weighted by atomic mass is 32.2. The van der Waals surface area contributed by atoms with Gasteiger partial charge >= 0.3 is 0 Å². The summed E-state index contributed by atoms with van der Waals surface area (Å²) in [5.41, 5.74) is 2.10. The second-order valence-corrected chi connectivity index (χ2v) is 6.51. The summed E-state index contributed by atoms with van der Waals surface area (Å²) in [7, 11) is -3.00. The van der Waals surface area contributed by atoms with E-state index in [0.29, 0.717) is 11.3 Å². The maximum atomic E-state index is 11.9. The summed E-state index contributed by atoms with van der Waals surface area (Å²) < 4.78 is 23.9. The van der Waals surface area contributed by atoms with Crippen LogP contribution in [0.1, 0.15) is 19.4 Å². The van der Waals surface area contributed by atoms with Crippen molar-refractivity contribution in [2.45, 2.75) is 20.3 Å². The molecule has 86 valence electrons. The SMILES string of the molecule is CC1=C(Cc2ccccc2)S(=O)(=O)CC1C. The van der Waals surface area contributed by atoms with Crippen LogP contribution in [0.5, 0.6) is 0 Å². The minimum Gasteiger partial charge on any atom is -0.224 e. The van der Waals surface area contributed by atoms with Crippen molar-refractivity contribution >= 4 is 9.84 Å². The predicted molar refractivity (Wildman–Crippen MR) is 65.8 cm³/mol. The summed E-state index contributed by atoms with van der Waals surface area (Å²) in [5.74, 6) is 0.449. The summed E-state index contributed by atoms with van der Waals surface area (Å²) >= 11 is 0. The lowest BCUT2D eigenvalue weighted by Gasteiger charge is -2.04. The first-order chi connectivity index (χ1) is 7.50. The lowest BCUT2D eigenvalue weighted by molar-refractivity contribution is 0.598. The van der Waals surface area contributed by atoms with Crippen LogP contribution in [0.3, 0.4) is 0 Å². The molecular weight excluding hydrogens is 220 g/mol. The summed E-state index contributed by atoms with van der Waals surface area (Å²) in [5, 5.41) is 0. The summed E-state index contributed by atoms with van der Waals surface area (Å²) in [6.45, 7) is 3.92. The van der Waals surface area contributed by atoms with Gasteiger partial charge in [0.1, 0.15) is 0 Å². The second kappa shape index (κ2) is 4.06. The van der Waals surface area contributed by atoms with Gasteiger partial charge in [-0.2, -0.15) is 0 Å². The van der Waals surface area contributed by atoms with E-state index in [1.54, 1.807) is 0 Å². The van der Waals surface area contributed by atoms with Crippen molar-refractivity contribution in [2.24, 2.45) is 5.92 Å². The van der Waals surface area contributed by atoms with E-state index in [1.807, 2.05) is 44.2 Å². The predicted octanol–water partition coefficient (Wildman–Crippen LogP) is 2.57. The molecule has 2 rings (SSSR count). The van der Waals surface area contributed by atoms with E-state index in [2.05, 4.69) is 0 Å². The average Bonchev–Trinajstić information content (AvgIpc) is 2.42. The Labute approximate surface area is 96.9 Å². The van der Waals surface area contributed by atoms with E-state index in [1.165, 1.54) is 0 Å². The normalized spacial score (nSPS) is 23.8. The standard InChI is InChI=1S/C13H16O2S/c1-10-9-16(14,15)13(11(10)2)8-12-6-4-3-5-7-12/h3-7,10H,8-9H2,1-2H3. The fourth-order valence-electron chi connectivity index (χ4n) is 2.11. The molecule has 0 fully saturated rings. The van der Waals surface area contributed by atoms with Crippen LogP contribution in [-0.4, -0.2) is 14.2 Å². The number of hydrogen-bond acceptors (Lipinski definition) is 2. The van der Waals surface area contributed by atoms with Gasteiger partial charge in [-0.05, 0) is 18.4 Å². The van der Waals surface area contributed by atoms with Gasteiger partial charge in [0, 0.05) is 11.3 Å². The fourth-order valence-corrected chi connectivity index (χ4v) is 4.29. The molecule has 1 heterocycles. The van der Waals surface area contributed by atoms with Crippen molar-refractivity contribution in [1.29, 1.82) is 0 Å². The highest BCUT2D eigenvalue weighted by Gasteiger charge is 2.32. The first kappa shape index (κ1) is 11.4. The molecule has 0 bridgehead atoms. The third-order valence-electron chi connectivity index (χ3n) is 3.23. The molecule has 1 aromatic carbocycles. The van der Waals surface area contributed by atoms with Crippen LogP contribution in [0.2, 0.25) is 0 Å². The molecule has 0 aliphatic carbocycles. The van der Waals surface area contributed by atoms with Crippen LogP contribution in [0.25, 0.3) is 0 Å². The Kier molecular flexibility index (Phi) is 2.89. The molecular formula is C13H16O2S. The zero-order valence-corrected chi connectivity index (χ0v) is 10.4. The summed E-state index contributed by atoms with van der Waals surface area (Å²) in [4.78, 5) is 0.631. The van der Waals surface area contributed by atoms with E-state index in [9.17, 15) is 8.42 Å². The van der Waals surface area contributed by atoms with E-state index in [0.717, 1.165) is 11.1 Å². The monoisotopic (exact) mass is 236 g/mol. The zero-order chi connectivity index (χ0) is 11.8. The maximum absolute atomic E-state index is 11.9. The summed E-state index contributed by atoms with van der Waals surface area (Å²) in [6.07, 6.45) is 0.541. The number of hydrogen-bond donors (Lipinski definition) is 0. The number of rotatable bonds is 2. The smallest absolute Gasteiger partial charge is 0.175 e. The number of benzene rings is 1. The molecule has 0 amide bonds. The lowest BCUT2D eigenvalue weighted by atomic mass is 10.0. The molecule has 3 heteroatoms. The quantitative estimate of drug-likeness (QED) is 0.791. The van der Waals surface area contributed by atoms with Crippen LogP contribution in [0.15, 0.2) is 40.8 Å². The largest absolute Gasteiger partial charge is 0.224 e. The third-order valence-corrected chi connectivity index (χ3v) is 5.39. The molecule has 1 aliphatic rings. The van der Waals surface area contributed by atoms with E-state index < -0.39 is 9.84 Å². The molecule has 2 nitrogen and oxygen atoms in total. The third kappa shape index (κ3) is 2.05. The Morgan fingerprint density at radius 1 is 1.25 bits per heavy atom. The molecule has 1 atom stereocenters. The van der Waals surface area contributed by atoms with Crippen LogP contribution >= 0.6 is 0 Å². The van der Waals surface area contributed by atoms with Crippen molar-refractivity contribution in [3.05, 3.63) is 46.4 Å². The first-order valence-corrected chi connectivity index (χ1v) is 7.12. The molecule has 0 saturated heterocycles. The molecule has 1 aliphatic heterocycles. The zero-order valence-electron chi connectivity index (χ0n) is 9.60. The topological polar surface area (TPSA) is 34.1 Å². The van der Waals surface area contributed by atoms with Crippen molar-refractivity contribution in [2.75, 3.05) is 5.75 Å². The van der Waals surface area contributed by atoms with Gasteiger partial charge in [-0.25, -0.2) is 8.42 Å². The van der Waals surface area contributed by atoms with E-state index in [-0.39, 0.29) is 11.7 Å². The molecule has 0 spiro atoms. The molecule has 16 heavy (non-hydrogen) atoms. The van der Waals surface area contributed by atoms with E-state index in [4.69, 9.17) is 0 Å². The lowest BCUT2D eigenvalue weighted by Crippen LogP contribution is -2.06. The number of sulfone groups is 1. The highest BCUT2D eigenvalue weighted by molar-refractivity contribution is 7.95. The van der Waals surface area contributed by atoms with Gasteiger partial charge in [0.25, 0.3) is 0 Å². The van der Waals surface area contributed by atoms with Gasteiger partial charge in [-0.1, -0.05) is 42.8 Å². The van der Waals surface area contributed by atoms with Crippen molar-refractivity contribution < 1.29 is 8.42 Å². The van der Waals surface area contributed by atoms with Gasteiger partial charge in [0.15, 0.2) is 9.84 Å². The molecule has 0 radical (unpaired) electrons. The molecule has 1 unspecified atom stereocenters. The van der Waals surface area contributed by atoms with Crippen LogP contribution < -0.4 is 0 Å². The fraction of sp³-hybridized carbons (Fsp3) is 0.385. The summed E-state index contributed by atoms with van der Waals surface area (Å²) in [6, 6.07) is 9.76.